The van der Waals surface area contributed by atoms with E-state index in [2.05, 4.69) is 9.97 Å². The predicted molar refractivity (Wildman–Crippen MR) is 46.4 cm³/mol. The smallest absolute Gasteiger partial charge is 0.348 e. The molecule has 1 amide bonds. The number of aromatic nitrogens is 2. The van der Waals surface area contributed by atoms with Crippen LogP contribution in [0, 0.1) is 0 Å². The van der Waals surface area contributed by atoms with Crippen molar-refractivity contribution < 1.29 is 31.1 Å². The number of hydrogen-bond acceptors (Lipinski definition) is 2. The fourth-order valence-electron chi connectivity index (χ4n) is 1.16. The molecule has 0 aliphatic carbocycles. The summed E-state index contributed by atoms with van der Waals surface area (Å²) < 4.78 is 72.2. The average Bonchev–Trinajstić information content (AvgIpc) is 2.63. The second-order valence-corrected chi connectivity index (χ2v) is 3.23. The summed E-state index contributed by atoms with van der Waals surface area (Å²) in [6, 6.07) is 0. The van der Waals surface area contributed by atoms with Gasteiger partial charge < -0.3 is 10.3 Å². The van der Waals surface area contributed by atoms with Gasteiger partial charge in [0, 0.05) is 18.7 Å². The Morgan fingerprint density at radius 1 is 1.28 bits per heavy atom. The van der Waals surface area contributed by atoms with E-state index in [0.29, 0.717) is 0 Å². The number of amides is 1. The van der Waals surface area contributed by atoms with E-state index in [4.69, 9.17) is 0 Å². The fraction of sp³-hybridized carbons (Fsp3) is 0.500. The van der Waals surface area contributed by atoms with E-state index in [1.54, 1.807) is 0 Å². The first-order valence-electron chi connectivity index (χ1n) is 4.57. The Balaban J connectivity index is 2.56. The zero-order chi connectivity index (χ0) is 14.0. The summed E-state index contributed by atoms with van der Waals surface area (Å²) >= 11 is 0. The molecule has 4 nitrogen and oxygen atoms in total. The number of alkyl halides is 6. The molecule has 0 aliphatic heterocycles. The molecule has 0 radical (unpaired) electrons. The summed E-state index contributed by atoms with van der Waals surface area (Å²) in [6.45, 7) is -0.580. The molecule has 0 aliphatic rings. The number of nitrogens with one attached hydrogen (secondary N) is 2. The van der Waals surface area contributed by atoms with E-state index >= 15 is 0 Å². The average molecular weight is 275 g/mol. The lowest BCUT2D eigenvalue weighted by Gasteiger charge is -2.09. The topological polar surface area (TPSA) is 57.8 Å². The van der Waals surface area contributed by atoms with E-state index < -0.39 is 36.9 Å². The van der Waals surface area contributed by atoms with Gasteiger partial charge in [-0.1, -0.05) is 0 Å². The highest BCUT2D eigenvalue weighted by Gasteiger charge is 2.39. The van der Waals surface area contributed by atoms with Crippen LogP contribution in [0.4, 0.5) is 26.3 Å². The van der Waals surface area contributed by atoms with E-state index in [0.717, 1.165) is 6.33 Å². The minimum Gasteiger partial charge on any atom is -0.348 e. The second kappa shape index (κ2) is 4.86. The number of carbonyl (C=O) groups excluding carboxylic acids is 1. The maximum Gasteiger partial charge on any atom is 0.471 e. The first kappa shape index (κ1) is 14.3. The number of H-pyrrole nitrogens is 1. The number of imidazole rings is 1. The molecule has 0 bridgehead atoms. The first-order chi connectivity index (χ1) is 8.12. The maximum absolute atomic E-state index is 12.3. The zero-order valence-corrected chi connectivity index (χ0v) is 8.61. The zero-order valence-electron chi connectivity index (χ0n) is 8.61. The van der Waals surface area contributed by atoms with Gasteiger partial charge in [0.1, 0.15) is 0 Å². The third-order valence-corrected chi connectivity index (χ3v) is 1.90. The lowest BCUT2D eigenvalue weighted by atomic mass is 10.2. The predicted octanol–water partition coefficient (Wildman–Crippen LogP) is 1.65. The third kappa shape index (κ3) is 3.64. The summed E-state index contributed by atoms with van der Waals surface area (Å²) in [7, 11) is 0. The van der Waals surface area contributed by atoms with E-state index in [1.807, 2.05) is 0 Å². The van der Waals surface area contributed by atoms with Gasteiger partial charge in [0.05, 0.1) is 6.33 Å². The van der Waals surface area contributed by atoms with Crippen LogP contribution in [-0.2, 0) is 17.4 Å². The Hall–Kier alpha value is -1.74. The van der Waals surface area contributed by atoms with Crippen molar-refractivity contribution in [2.45, 2.75) is 18.8 Å². The summed E-state index contributed by atoms with van der Waals surface area (Å²) in [6.07, 6.45) is -9.40. The Bertz CT molecular complexity index is 421. The number of nitrogens with zero attached hydrogens (tertiary/aromatic N) is 1. The highest BCUT2D eigenvalue weighted by Crippen LogP contribution is 2.29. The Morgan fingerprint density at radius 3 is 2.39 bits per heavy atom. The molecule has 0 unspecified atom stereocenters. The minimum absolute atomic E-state index is 0.384. The van der Waals surface area contributed by atoms with Crippen molar-refractivity contribution in [1.82, 2.24) is 15.3 Å². The summed E-state index contributed by atoms with van der Waals surface area (Å²) in [5.74, 6) is -2.20. The number of rotatable bonds is 3. The number of aromatic amines is 1. The molecule has 2 N–H and O–H groups in total. The van der Waals surface area contributed by atoms with Crippen molar-refractivity contribution in [2.24, 2.45) is 0 Å². The second-order valence-electron chi connectivity index (χ2n) is 3.23. The van der Waals surface area contributed by atoms with Crippen molar-refractivity contribution in [3.63, 3.8) is 0 Å². The van der Waals surface area contributed by atoms with Crippen molar-refractivity contribution in [2.75, 3.05) is 6.54 Å². The van der Waals surface area contributed by atoms with Crippen molar-refractivity contribution in [1.29, 1.82) is 0 Å². The van der Waals surface area contributed by atoms with Crippen LogP contribution < -0.4 is 5.32 Å². The maximum atomic E-state index is 12.3. The highest BCUT2D eigenvalue weighted by molar-refractivity contribution is 5.81. The summed E-state index contributed by atoms with van der Waals surface area (Å²) in [4.78, 5) is 15.6. The van der Waals surface area contributed by atoms with Crippen LogP contribution in [0.5, 0.6) is 0 Å². The normalized spacial score (nSPS) is 12.6. The monoisotopic (exact) mass is 275 g/mol. The third-order valence-electron chi connectivity index (χ3n) is 1.90. The van der Waals surface area contributed by atoms with Gasteiger partial charge >= 0.3 is 18.3 Å². The fourth-order valence-corrected chi connectivity index (χ4v) is 1.16. The van der Waals surface area contributed by atoms with Gasteiger partial charge in [0.2, 0.25) is 0 Å². The van der Waals surface area contributed by atoms with Crippen LogP contribution in [0.15, 0.2) is 6.33 Å². The largest absolute Gasteiger partial charge is 0.471 e. The van der Waals surface area contributed by atoms with Gasteiger partial charge in [-0.25, -0.2) is 4.98 Å². The molecule has 102 valence electrons. The van der Waals surface area contributed by atoms with Crippen LogP contribution in [0.25, 0.3) is 0 Å². The van der Waals surface area contributed by atoms with Crippen LogP contribution >= 0.6 is 0 Å². The van der Waals surface area contributed by atoms with Gasteiger partial charge in [-0.2, -0.15) is 26.3 Å². The Kier molecular flexibility index (Phi) is 3.87. The van der Waals surface area contributed by atoms with Gasteiger partial charge in [0.15, 0.2) is 5.69 Å². The lowest BCUT2D eigenvalue weighted by molar-refractivity contribution is -0.173. The minimum atomic E-state index is -5.05. The van der Waals surface area contributed by atoms with Gasteiger partial charge in [0.25, 0.3) is 0 Å². The molecule has 1 aromatic rings. The van der Waals surface area contributed by atoms with E-state index in [1.165, 1.54) is 5.32 Å². The van der Waals surface area contributed by atoms with Crippen molar-refractivity contribution in [3.05, 3.63) is 17.7 Å². The molecule has 1 rings (SSSR count). The molecule has 0 atom stereocenters. The van der Waals surface area contributed by atoms with E-state index in [-0.39, 0.29) is 5.69 Å². The lowest BCUT2D eigenvalue weighted by Crippen LogP contribution is -2.37. The van der Waals surface area contributed by atoms with Gasteiger partial charge in [-0.05, 0) is 0 Å². The van der Waals surface area contributed by atoms with Crippen LogP contribution in [0.1, 0.15) is 11.4 Å². The summed E-state index contributed by atoms with van der Waals surface area (Å²) in [5, 5.41) is 1.46. The quantitative estimate of drug-likeness (QED) is 0.824. The Morgan fingerprint density at radius 2 is 1.89 bits per heavy atom. The molecule has 0 fully saturated rings. The van der Waals surface area contributed by atoms with Crippen molar-refractivity contribution in [3.8, 4) is 0 Å². The molecule has 0 saturated carbocycles. The van der Waals surface area contributed by atoms with E-state index in [9.17, 15) is 31.1 Å². The van der Waals surface area contributed by atoms with Crippen LogP contribution in [-0.4, -0.2) is 28.6 Å². The molecule has 10 heteroatoms. The molecule has 0 saturated heterocycles. The molecular weight excluding hydrogens is 268 g/mol. The molecule has 1 aromatic heterocycles. The molecule has 0 spiro atoms. The molecule has 0 aromatic carbocycles. The first-order valence-corrected chi connectivity index (χ1v) is 4.57. The molecular formula is C8H7F6N3O. The highest BCUT2D eigenvalue weighted by atomic mass is 19.4. The standard InChI is InChI=1S/C8H7F6N3O/c9-7(10,11)5-4(16-3-17-5)1-2-15-6(18)8(12,13)14/h3H,1-2H2,(H,15,18)(H,16,17). The molecule has 18 heavy (non-hydrogen) atoms. The number of carbonyl (C=O) groups is 1. The van der Waals surface area contributed by atoms with Gasteiger partial charge in [-0.3, -0.25) is 4.79 Å². The number of halogens is 6. The van der Waals surface area contributed by atoms with Crippen LogP contribution in [0.2, 0.25) is 0 Å². The molecule has 1 heterocycles. The SMILES string of the molecule is O=C(NCCc1[nH]cnc1C(F)(F)F)C(F)(F)F. The van der Waals surface area contributed by atoms with Crippen molar-refractivity contribution >= 4 is 5.91 Å². The summed E-state index contributed by atoms with van der Waals surface area (Å²) in [5.41, 5.74) is -1.59. The Labute approximate surface area is 96.4 Å². The van der Waals surface area contributed by atoms with Gasteiger partial charge in [-0.15, -0.1) is 0 Å². The van der Waals surface area contributed by atoms with Crippen LogP contribution in [0.3, 0.4) is 0 Å². The number of hydrogen-bond donors (Lipinski definition) is 2.